The Hall–Kier alpha value is -3.47. The Balaban J connectivity index is 1.12. The molecule has 3 amide bonds. The van der Waals surface area contributed by atoms with E-state index in [9.17, 15) is 9.59 Å². The summed E-state index contributed by atoms with van der Waals surface area (Å²) in [7, 11) is 1.86. The van der Waals surface area contributed by atoms with Crippen LogP contribution in [0, 0.1) is 13.8 Å². The molecule has 5 rings (SSSR count). The van der Waals surface area contributed by atoms with Gasteiger partial charge in [0.2, 0.25) is 0 Å². The van der Waals surface area contributed by atoms with Gasteiger partial charge in [-0.3, -0.25) is 9.48 Å². The Labute approximate surface area is 214 Å². The number of rotatable bonds is 4. The van der Waals surface area contributed by atoms with Crippen molar-refractivity contribution in [1.82, 2.24) is 29.5 Å². The molecule has 0 unspecified atom stereocenters. The van der Waals surface area contributed by atoms with E-state index in [1.54, 1.807) is 10.9 Å². The quantitative estimate of drug-likeness (QED) is 0.581. The van der Waals surface area contributed by atoms with Gasteiger partial charge in [0.25, 0.3) is 5.91 Å². The summed E-state index contributed by atoms with van der Waals surface area (Å²) in [6.45, 7) is 8.22. The molecule has 10 nitrogen and oxygen atoms in total. The topological polar surface area (TPSA) is 99.5 Å². The number of piperidine rings is 1. The van der Waals surface area contributed by atoms with Crippen LogP contribution in [-0.4, -0.2) is 80.8 Å². The van der Waals surface area contributed by atoms with Crippen molar-refractivity contribution in [3.63, 3.8) is 0 Å². The summed E-state index contributed by atoms with van der Waals surface area (Å²) in [5.41, 5.74) is 2.87. The van der Waals surface area contributed by atoms with E-state index in [0.717, 1.165) is 53.8 Å². The van der Waals surface area contributed by atoms with E-state index < -0.39 is 0 Å². The van der Waals surface area contributed by atoms with Crippen molar-refractivity contribution in [2.24, 2.45) is 7.05 Å². The lowest BCUT2D eigenvalue weighted by atomic mass is 9.98. The van der Waals surface area contributed by atoms with Crippen molar-refractivity contribution in [2.45, 2.75) is 32.6 Å². The molecule has 0 radical (unpaired) electrons. The highest BCUT2D eigenvalue weighted by atomic mass is 32.1. The molecule has 0 atom stereocenters. The molecule has 3 aromatic heterocycles. The average molecular weight is 509 g/mol. The summed E-state index contributed by atoms with van der Waals surface area (Å²) in [5, 5.41) is 10.1. The molecule has 3 aromatic rings. The number of piperazine rings is 1. The minimum atomic E-state index is -0.214. The van der Waals surface area contributed by atoms with Crippen molar-refractivity contribution in [1.29, 1.82) is 0 Å². The number of aryl methyl sites for hydroxylation is 2. The molecule has 2 fully saturated rings. The van der Waals surface area contributed by atoms with Gasteiger partial charge in [0.1, 0.15) is 11.5 Å². The largest absolute Gasteiger partial charge is 0.353 e. The molecule has 2 aliphatic heterocycles. The third kappa shape index (κ3) is 4.92. The summed E-state index contributed by atoms with van der Waals surface area (Å²) in [5.74, 6) is 1.02. The van der Waals surface area contributed by atoms with Crippen LogP contribution in [0.15, 0.2) is 29.8 Å². The Morgan fingerprint density at radius 3 is 2.39 bits per heavy atom. The summed E-state index contributed by atoms with van der Waals surface area (Å²) >= 11 is 1.53. The number of hydrogen-bond donors (Lipinski definition) is 1. The molecule has 2 aliphatic rings. The summed E-state index contributed by atoms with van der Waals surface area (Å²) in [4.78, 5) is 41.1. The first kappa shape index (κ1) is 24.2. The molecule has 2 saturated heterocycles. The number of carbonyl (C=O) groups excluding carboxylic acids is 2. The first-order valence-electron chi connectivity index (χ1n) is 12.4. The molecule has 36 heavy (non-hydrogen) atoms. The van der Waals surface area contributed by atoms with E-state index in [1.165, 1.54) is 11.3 Å². The number of thiazole rings is 1. The van der Waals surface area contributed by atoms with E-state index >= 15 is 0 Å². The van der Waals surface area contributed by atoms with Crippen molar-refractivity contribution in [2.75, 3.05) is 49.5 Å². The van der Waals surface area contributed by atoms with Crippen LogP contribution < -0.4 is 10.2 Å². The zero-order valence-corrected chi connectivity index (χ0v) is 21.8. The van der Waals surface area contributed by atoms with Crippen LogP contribution in [0.25, 0.3) is 0 Å². The van der Waals surface area contributed by atoms with Crippen LogP contribution in [0.2, 0.25) is 0 Å². The number of nitrogens with one attached hydrogen (secondary N) is 1. The highest BCUT2D eigenvalue weighted by Gasteiger charge is 2.30. The first-order chi connectivity index (χ1) is 17.4. The fourth-order valence-corrected chi connectivity index (χ4v) is 5.87. The second kappa shape index (κ2) is 10.3. The van der Waals surface area contributed by atoms with Crippen LogP contribution in [0.3, 0.4) is 0 Å². The Morgan fingerprint density at radius 1 is 1.03 bits per heavy atom. The number of pyridine rings is 1. The lowest BCUT2D eigenvalue weighted by Crippen LogP contribution is -2.54. The van der Waals surface area contributed by atoms with Crippen molar-refractivity contribution >= 4 is 34.8 Å². The number of nitrogens with zero attached hydrogens (tertiary/aromatic N) is 7. The van der Waals surface area contributed by atoms with Crippen molar-refractivity contribution < 1.29 is 9.59 Å². The van der Waals surface area contributed by atoms with Gasteiger partial charge in [-0.2, -0.15) is 5.10 Å². The smallest absolute Gasteiger partial charge is 0.320 e. The van der Waals surface area contributed by atoms with Crippen LogP contribution >= 0.6 is 11.3 Å². The van der Waals surface area contributed by atoms with Crippen LogP contribution in [0.1, 0.15) is 45.6 Å². The van der Waals surface area contributed by atoms with Gasteiger partial charge in [0, 0.05) is 63.8 Å². The number of amides is 3. The Morgan fingerprint density at radius 2 is 1.75 bits per heavy atom. The molecule has 1 N–H and O–H groups in total. The first-order valence-corrected chi connectivity index (χ1v) is 13.3. The molecule has 11 heteroatoms. The fourth-order valence-electron chi connectivity index (χ4n) is 4.90. The average Bonchev–Trinajstić information content (AvgIpc) is 3.50. The highest BCUT2D eigenvalue weighted by molar-refractivity contribution is 7.10. The molecular formula is C25H32N8O2S. The van der Waals surface area contributed by atoms with Gasteiger partial charge in [0.15, 0.2) is 0 Å². The Kier molecular flexibility index (Phi) is 6.90. The standard InChI is InChI=1S/C25H32N8O2S/c1-17-22(18(2)30(3)29-17)28-23(34)20-16-36-24(27-20)19-7-10-32(11-8-19)25(35)33-14-12-31(13-15-33)21-6-4-5-9-26-21/h4-6,9,16,19H,7-8,10-15H2,1-3H3,(H,28,34). The van der Waals surface area contributed by atoms with Gasteiger partial charge in [-0.1, -0.05) is 6.07 Å². The molecular weight excluding hydrogens is 476 g/mol. The van der Waals surface area contributed by atoms with Gasteiger partial charge in [-0.25, -0.2) is 14.8 Å². The normalized spacial score (nSPS) is 16.9. The second-order valence-electron chi connectivity index (χ2n) is 9.40. The van der Waals surface area contributed by atoms with Crippen LogP contribution in [0.5, 0.6) is 0 Å². The molecule has 0 aliphatic carbocycles. The maximum Gasteiger partial charge on any atom is 0.320 e. The predicted molar refractivity (Wildman–Crippen MR) is 140 cm³/mol. The maximum atomic E-state index is 13.1. The number of hydrogen-bond acceptors (Lipinski definition) is 7. The predicted octanol–water partition coefficient (Wildman–Crippen LogP) is 3.26. The minimum Gasteiger partial charge on any atom is -0.353 e. The summed E-state index contributed by atoms with van der Waals surface area (Å²) in [6, 6.07) is 6.04. The fraction of sp³-hybridized carbons (Fsp3) is 0.480. The van der Waals surface area contributed by atoms with E-state index in [-0.39, 0.29) is 17.9 Å². The maximum absolute atomic E-state index is 13.1. The van der Waals surface area contributed by atoms with Gasteiger partial charge < -0.3 is 20.0 Å². The van der Waals surface area contributed by atoms with Gasteiger partial charge in [-0.05, 0) is 38.8 Å². The third-order valence-electron chi connectivity index (χ3n) is 7.14. The number of anilines is 2. The van der Waals surface area contributed by atoms with E-state index in [1.807, 2.05) is 54.3 Å². The second-order valence-corrected chi connectivity index (χ2v) is 10.3. The van der Waals surface area contributed by atoms with Crippen LogP contribution in [-0.2, 0) is 7.05 Å². The van der Waals surface area contributed by atoms with Gasteiger partial charge in [-0.15, -0.1) is 11.3 Å². The molecule has 0 bridgehead atoms. The van der Waals surface area contributed by atoms with Crippen molar-refractivity contribution in [3.05, 3.63) is 51.9 Å². The molecule has 0 spiro atoms. The lowest BCUT2D eigenvalue weighted by Gasteiger charge is -2.39. The zero-order valence-electron chi connectivity index (χ0n) is 21.0. The SMILES string of the molecule is Cc1nn(C)c(C)c1NC(=O)c1csc(C2CCN(C(=O)N3CCN(c4ccccn4)CC3)CC2)n1. The molecule has 0 aromatic carbocycles. The number of urea groups is 1. The van der Waals surface area contributed by atoms with Gasteiger partial charge in [0.05, 0.1) is 22.1 Å². The number of carbonyl (C=O) groups is 2. The third-order valence-corrected chi connectivity index (χ3v) is 8.15. The summed E-state index contributed by atoms with van der Waals surface area (Å²) in [6.07, 6.45) is 3.52. The van der Waals surface area contributed by atoms with E-state index in [0.29, 0.717) is 31.9 Å². The van der Waals surface area contributed by atoms with Gasteiger partial charge >= 0.3 is 6.03 Å². The number of likely N-dealkylation sites (tertiary alicyclic amines) is 1. The van der Waals surface area contributed by atoms with Crippen molar-refractivity contribution in [3.8, 4) is 0 Å². The van der Waals surface area contributed by atoms with Crippen LogP contribution in [0.4, 0.5) is 16.3 Å². The number of aromatic nitrogens is 4. The summed E-state index contributed by atoms with van der Waals surface area (Å²) < 4.78 is 1.76. The monoisotopic (exact) mass is 508 g/mol. The van der Waals surface area contributed by atoms with E-state index in [2.05, 4.69) is 25.3 Å². The highest BCUT2D eigenvalue weighted by Crippen LogP contribution is 2.31. The lowest BCUT2D eigenvalue weighted by molar-refractivity contribution is 0.102. The zero-order chi connectivity index (χ0) is 25.2. The molecule has 190 valence electrons. The molecule has 0 saturated carbocycles. The molecule has 5 heterocycles. The Bertz CT molecular complexity index is 1220. The minimum absolute atomic E-state index is 0.121. The van der Waals surface area contributed by atoms with E-state index in [4.69, 9.17) is 0 Å².